The fraction of sp³-hybridized carbons (Fsp3) is 0.889. The number of carbonyl (C=O) groups is 2. The van der Waals surface area contributed by atoms with Gasteiger partial charge in [-0.05, 0) is 49.4 Å². The third-order valence-corrected chi connectivity index (χ3v) is 5.26. The molecule has 0 unspecified atom stereocenters. The first-order chi connectivity index (χ1) is 10.2. The monoisotopic (exact) mass is 374 g/mol. The summed E-state index contributed by atoms with van der Waals surface area (Å²) in [6.45, 7) is 4.12. The maximum absolute atomic E-state index is 10.4. The largest absolute Gasteiger partial charge is 2.00 e. The number of carboxylic acids is 2. The molecule has 2 aliphatic carbocycles. The topological polar surface area (TPSA) is 80.3 Å². The van der Waals surface area contributed by atoms with Crippen LogP contribution in [0.15, 0.2) is 0 Å². The molecule has 0 aromatic heterocycles. The van der Waals surface area contributed by atoms with Crippen LogP contribution in [0.1, 0.15) is 90.9 Å². The SMILES string of the molecule is CC1(CC(=O)[O-])CCCCC1.CC1(CC(=O)[O-])CCCCC1.[Zn+2]. The van der Waals surface area contributed by atoms with Crippen molar-refractivity contribution in [1.82, 2.24) is 0 Å². The van der Waals surface area contributed by atoms with Gasteiger partial charge in [0, 0.05) is 11.9 Å². The average Bonchev–Trinajstić information content (AvgIpc) is 2.38. The molecule has 5 heteroatoms. The first-order valence-corrected chi connectivity index (χ1v) is 8.64. The number of carbonyl (C=O) groups excluding carboxylic acids is 2. The third kappa shape index (κ3) is 9.44. The van der Waals surface area contributed by atoms with Gasteiger partial charge in [-0.2, -0.15) is 0 Å². The van der Waals surface area contributed by atoms with E-state index in [4.69, 9.17) is 0 Å². The second kappa shape index (κ2) is 10.4. The van der Waals surface area contributed by atoms with Gasteiger partial charge in [0.05, 0.1) is 0 Å². The Morgan fingerprint density at radius 3 is 1.17 bits per heavy atom. The number of aliphatic carboxylic acids is 2. The smallest absolute Gasteiger partial charge is 0.550 e. The van der Waals surface area contributed by atoms with Gasteiger partial charge < -0.3 is 19.8 Å². The van der Waals surface area contributed by atoms with Crippen molar-refractivity contribution in [3.05, 3.63) is 0 Å². The van der Waals surface area contributed by atoms with Crippen LogP contribution in [0.4, 0.5) is 0 Å². The molecular formula is C18H30O4Zn. The molecular weight excluding hydrogens is 346 g/mol. The summed E-state index contributed by atoms with van der Waals surface area (Å²) >= 11 is 0. The van der Waals surface area contributed by atoms with Gasteiger partial charge in [0.25, 0.3) is 0 Å². The Balaban J connectivity index is 0.000000403. The molecule has 0 saturated heterocycles. The standard InChI is InChI=1S/2C9H16O2.Zn/c2*1-9(7-8(10)11)5-3-2-4-6-9;/h2*2-7H2,1H3,(H,10,11);/q;;+2/p-2. The maximum Gasteiger partial charge on any atom is 2.00 e. The van der Waals surface area contributed by atoms with Crippen LogP contribution < -0.4 is 10.2 Å². The second-order valence-electron chi connectivity index (χ2n) is 7.84. The Kier molecular flexibility index (Phi) is 10.2. The minimum atomic E-state index is -0.894. The van der Waals surface area contributed by atoms with E-state index in [1.807, 2.05) is 0 Å². The summed E-state index contributed by atoms with van der Waals surface area (Å²) in [6, 6.07) is 0. The van der Waals surface area contributed by atoms with Gasteiger partial charge in [0.1, 0.15) is 0 Å². The number of rotatable bonds is 4. The van der Waals surface area contributed by atoms with E-state index in [0.717, 1.165) is 25.7 Å². The molecule has 2 saturated carbocycles. The molecule has 0 N–H and O–H groups in total. The number of carboxylic acid groups (broad SMARTS) is 2. The van der Waals surface area contributed by atoms with E-state index < -0.39 is 11.9 Å². The predicted octanol–water partition coefficient (Wildman–Crippen LogP) is 2.19. The zero-order chi connectivity index (χ0) is 16.6. The van der Waals surface area contributed by atoms with Crippen LogP contribution in [0.25, 0.3) is 0 Å². The van der Waals surface area contributed by atoms with Gasteiger partial charge in [-0.25, -0.2) is 0 Å². The van der Waals surface area contributed by atoms with Crippen LogP contribution in [0.3, 0.4) is 0 Å². The molecule has 0 amide bonds. The van der Waals surface area contributed by atoms with E-state index in [1.54, 1.807) is 0 Å². The summed E-state index contributed by atoms with van der Waals surface area (Å²) in [5, 5.41) is 20.7. The summed E-state index contributed by atoms with van der Waals surface area (Å²) in [7, 11) is 0. The van der Waals surface area contributed by atoms with Crippen molar-refractivity contribution in [2.45, 2.75) is 90.9 Å². The Hall–Kier alpha value is -0.437. The Bertz CT molecular complexity index is 333. The fourth-order valence-electron chi connectivity index (χ4n) is 3.86. The van der Waals surface area contributed by atoms with Crippen molar-refractivity contribution >= 4 is 11.9 Å². The first-order valence-electron chi connectivity index (χ1n) is 8.64. The molecule has 0 aliphatic heterocycles. The van der Waals surface area contributed by atoms with Gasteiger partial charge in [-0.15, -0.1) is 0 Å². The van der Waals surface area contributed by atoms with Gasteiger partial charge in [-0.1, -0.05) is 52.4 Å². The molecule has 128 valence electrons. The summed E-state index contributed by atoms with van der Waals surface area (Å²) in [5.41, 5.74) is 0.0775. The van der Waals surface area contributed by atoms with Crippen LogP contribution in [0.5, 0.6) is 0 Å². The van der Waals surface area contributed by atoms with Crippen molar-refractivity contribution in [1.29, 1.82) is 0 Å². The molecule has 0 bridgehead atoms. The van der Waals surface area contributed by atoms with Crippen LogP contribution in [-0.2, 0) is 29.1 Å². The number of hydrogen-bond acceptors (Lipinski definition) is 4. The van der Waals surface area contributed by atoms with Crippen molar-refractivity contribution in [2.75, 3.05) is 0 Å². The molecule has 4 nitrogen and oxygen atoms in total. The predicted molar refractivity (Wildman–Crippen MR) is 81.6 cm³/mol. The van der Waals surface area contributed by atoms with E-state index in [0.29, 0.717) is 0 Å². The summed E-state index contributed by atoms with van der Waals surface area (Å²) in [5.74, 6) is -1.79. The zero-order valence-electron chi connectivity index (χ0n) is 14.8. The molecule has 0 radical (unpaired) electrons. The molecule has 2 aliphatic rings. The van der Waals surface area contributed by atoms with E-state index in [2.05, 4.69) is 13.8 Å². The zero-order valence-corrected chi connectivity index (χ0v) is 17.8. The van der Waals surface area contributed by atoms with E-state index in [-0.39, 0.29) is 43.1 Å². The average molecular weight is 376 g/mol. The Morgan fingerprint density at radius 1 is 0.696 bits per heavy atom. The van der Waals surface area contributed by atoms with Crippen LogP contribution in [-0.4, -0.2) is 11.9 Å². The molecule has 0 atom stereocenters. The quantitative estimate of drug-likeness (QED) is 0.705. The third-order valence-electron chi connectivity index (χ3n) is 5.26. The molecule has 2 rings (SSSR count). The Labute approximate surface area is 153 Å². The van der Waals surface area contributed by atoms with E-state index >= 15 is 0 Å². The van der Waals surface area contributed by atoms with Gasteiger partial charge >= 0.3 is 19.5 Å². The molecule has 0 spiro atoms. The van der Waals surface area contributed by atoms with Gasteiger partial charge in [-0.3, -0.25) is 0 Å². The summed E-state index contributed by atoms with van der Waals surface area (Å²) in [6.07, 6.45) is 12.0. The van der Waals surface area contributed by atoms with Crippen LogP contribution in [0.2, 0.25) is 0 Å². The van der Waals surface area contributed by atoms with E-state index in [9.17, 15) is 19.8 Å². The van der Waals surface area contributed by atoms with Crippen LogP contribution >= 0.6 is 0 Å². The molecule has 0 aromatic rings. The number of hydrogen-bond donors (Lipinski definition) is 0. The molecule has 2 fully saturated rings. The van der Waals surface area contributed by atoms with Crippen molar-refractivity contribution in [2.24, 2.45) is 10.8 Å². The van der Waals surface area contributed by atoms with Crippen molar-refractivity contribution < 1.29 is 39.3 Å². The Morgan fingerprint density at radius 2 is 0.957 bits per heavy atom. The first kappa shape index (κ1) is 22.6. The minimum Gasteiger partial charge on any atom is -0.550 e. The molecule has 23 heavy (non-hydrogen) atoms. The van der Waals surface area contributed by atoms with E-state index in [1.165, 1.54) is 38.5 Å². The second-order valence-corrected chi connectivity index (χ2v) is 7.84. The van der Waals surface area contributed by atoms with Crippen molar-refractivity contribution in [3.63, 3.8) is 0 Å². The normalized spacial score (nSPS) is 22.0. The maximum atomic E-state index is 10.4. The molecule has 0 aromatic carbocycles. The molecule has 0 heterocycles. The van der Waals surface area contributed by atoms with Crippen molar-refractivity contribution in [3.8, 4) is 0 Å². The van der Waals surface area contributed by atoms with Gasteiger partial charge in [0.15, 0.2) is 0 Å². The van der Waals surface area contributed by atoms with Crippen LogP contribution in [0, 0.1) is 10.8 Å². The summed E-state index contributed by atoms with van der Waals surface area (Å²) in [4.78, 5) is 20.7. The summed E-state index contributed by atoms with van der Waals surface area (Å²) < 4.78 is 0. The fourth-order valence-corrected chi connectivity index (χ4v) is 3.86. The minimum absolute atomic E-state index is 0. The van der Waals surface area contributed by atoms with Gasteiger partial charge in [0.2, 0.25) is 0 Å².